The summed E-state index contributed by atoms with van der Waals surface area (Å²) in [5.41, 5.74) is 5.97. The Bertz CT molecular complexity index is 1130. The van der Waals surface area contributed by atoms with Crippen LogP contribution >= 0.6 is 0 Å². The Morgan fingerprint density at radius 3 is 2.52 bits per heavy atom. The van der Waals surface area contributed by atoms with Gasteiger partial charge in [0.1, 0.15) is 6.07 Å². The Labute approximate surface area is 194 Å². The molecule has 0 bridgehead atoms. The summed E-state index contributed by atoms with van der Waals surface area (Å²) in [5.74, 6) is -0.260. The van der Waals surface area contributed by atoms with Gasteiger partial charge in [-0.3, -0.25) is 4.79 Å². The van der Waals surface area contributed by atoms with Crippen LogP contribution in [0.5, 0.6) is 11.5 Å². The lowest BCUT2D eigenvalue weighted by atomic mass is 9.58. The second kappa shape index (κ2) is 9.27. The quantitative estimate of drug-likeness (QED) is 0.735. The van der Waals surface area contributed by atoms with E-state index in [1.54, 1.807) is 29.2 Å². The molecule has 1 aromatic rings. The number of nitrogens with two attached hydrogens (primary N) is 1. The molecule has 2 atom stereocenters. The van der Waals surface area contributed by atoms with E-state index in [4.69, 9.17) is 15.2 Å². The smallest absolute Gasteiger partial charge is 0.219 e. The van der Waals surface area contributed by atoms with E-state index in [0.29, 0.717) is 35.8 Å². The number of carbonyl (C=O) groups excluding carboxylic acids is 1. The molecule has 0 unspecified atom stereocenters. The lowest BCUT2D eigenvalue weighted by Crippen LogP contribution is -2.48. The van der Waals surface area contributed by atoms with Gasteiger partial charge < -0.3 is 20.1 Å². The Balaban J connectivity index is 2.27. The maximum absolute atomic E-state index is 12.1. The Morgan fingerprint density at radius 2 is 1.97 bits per heavy atom. The molecule has 8 heteroatoms. The van der Waals surface area contributed by atoms with E-state index in [1.807, 2.05) is 20.8 Å². The van der Waals surface area contributed by atoms with Gasteiger partial charge in [0.2, 0.25) is 5.91 Å². The molecule has 2 aliphatic rings. The standard InChI is InChI=1S/C25H27N5O3/c1-5-32-22-10-17(6-7-21(22)33-15(2)3)23-20-12-30(16(4)31)9-8-18(20)19(11-26)24(29)25(23,13-27)14-28/h6-8,10,15,20,23H,5,9,12,29H2,1-4H3/t20-,23+/m1/s1. The maximum atomic E-state index is 12.1. The van der Waals surface area contributed by atoms with Gasteiger partial charge in [-0.25, -0.2) is 0 Å². The van der Waals surface area contributed by atoms with Crippen molar-refractivity contribution >= 4 is 5.91 Å². The molecule has 33 heavy (non-hydrogen) atoms. The SMILES string of the molecule is CCOc1cc([C@H]2[C@@H]3CN(C(C)=O)CC=C3C(C#N)=C(N)C2(C#N)C#N)ccc1OC(C)C. The minimum atomic E-state index is -1.78. The average Bonchev–Trinajstić information content (AvgIpc) is 2.79. The number of ether oxygens (including phenoxy) is 2. The molecule has 1 aliphatic heterocycles. The first-order valence-electron chi connectivity index (χ1n) is 10.9. The van der Waals surface area contributed by atoms with E-state index >= 15 is 0 Å². The Morgan fingerprint density at radius 1 is 1.27 bits per heavy atom. The van der Waals surface area contributed by atoms with Crippen molar-refractivity contribution in [3.05, 3.63) is 46.7 Å². The first-order chi connectivity index (χ1) is 15.7. The number of hydrogen-bond acceptors (Lipinski definition) is 7. The number of benzene rings is 1. The zero-order chi connectivity index (χ0) is 24.3. The summed E-state index contributed by atoms with van der Waals surface area (Å²) in [6, 6.07) is 11.6. The molecule has 0 saturated carbocycles. The summed E-state index contributed by atoms with van der Waals surface area (Å²) in [6.07, 6.45) is 1.72. The fourth-order valence-electron chi connectivity index (χ4n) is 4.65. The second-order valence-corrected chi connectivity index (χ2v) is 8.41. The molecule has 1 aromatic carbocycles. The van der Waals surface area contributed by atoms with E-state index in [9.17, 15) is 20.6 Å². The topological polar surface area (TPSA) is 136 Å². The van der Waals surface area contributed by atoms with Gasteiger partial charge in [0.15, 0.2) is 16.9 Å². The van der Waals surface area contributed by atoms with Crippen LogP contribution in [0.3, 0.4) is 0 Å². The number of nitrogens with zero attached hydrogens (tertiary/aromatic N) is 4. The first kappa shape index (κ1) is 23.7. The van der Waals surface area contributed by atoms with Crippen molar-refractivity contribution in [1.82, 2.24) is 4.90 Å². The molecule has 1 amide bonds. The van der Waals surface area contributed by atoms with E-state index in [2.05, 4.69) is 18.2 Å². The van der Waals surface area contributed by atoms with Gasteiger partial charge in [0, 0.05) is 31.8 Å². The molecule has 170 valence electrons. The molecule has 0 radical (unpaired) electrons. The highest BCUT2D eigenvalue weighted by molar-refractivity contribution is 5.74. The van der Waals surface area contributed by atoms with Gasteiger partial charge in [-0.15, -0.1) is 0 Å². The van der Waals surface area contributed by atoms with E-state index in [0.717, 1.165) is 0 Å². The van der Waals surface area contributed by atoms with Crippen LogP contribution in [-0.4, -0.2) is 36.6 Å². The second-order valence-electron chi connectivity index (χ2n) is 8.41. The van der Waals surface area contributed by atoms with Gasteiger partial charge in [-0.2, -0.15) is 15.8 Å². The number of hydrogen-bond donors (Lipinski definition) is 1. The van der Waals surface area contributed by atoms with Crippen molar-refractivity contribution in [3.8, 4) is 29.7 Å². The van der Waals surface area contributed by atoms with Crippen LogP contribution in [0.1, 0.15) is 39.2 Å². The molecule has 3 rings (SSSR count). The van der Waals surface area contributed by atoms with Crippen molar-refractivity contribution in [1.29, 1.82) is 15.8 Å². The summed E-state index contributed by atoms with van der Waals surface area (Å²) in [5, 5.41) is 30.3. The minimum absolute atomic E-state index is 0.0563. The van der Waals surface area contributed by atoms with Crippen molar-refractivity contribution in [2.45, 2.75) is 39.7 Å². The first-order valence-corrected chi connectivity index (χ1v) is 10.9. The van der Waals surface area contributed by atoms with Crippen molar-refractivity contribution < 1.29 is 14.3 Å². The third kappa shape index (κ3) is 3.99. The van der Waals surface area contributed by atoms with Gasteiger partial charge in [0.25, 0.3) is 0 Å². The summed E-state index contributed by atoms with van der Waals surface area (Å²) in [6.45, 7) is 8.15. The predicted molar refractivity (Wildman–Crippen MR) is 120 cm³/mol. The van der Waals surface area contributed by atoms with Crippen LogP contribution in [0, 0.1) is 45.3 Å². The Hall–Kier alpha value is -3.96. The molecular weight excluding hydrogens is 418 g/mol. The highest BCUT2D eigenvalue weighted by Gasteiger charge is 2.54. The molecule has 0 saturated heterocycles. The zero-order valence-corrected chi connectivity index (χ0v) is 19.3. The van der Waals surface area contributed by atoms with Crippen LogP contribution in [0.4, 0.5) is 0 Å². The van der Waals surface area contributed by atoms with E-state index < -0.39 is 17.3 Å². The normalized spacial score (nSPS) is 21.3. The van der Waals surface area contributed by atoms with Gasteiger partial charge in [0.05, 0.1) is 36.1 Å². The summed E-state index contributed by atoms with van der Waals surface area (Å²) in [4.78, 5) is 13.8. The molecular formula is C25H27N5O3. The predicted octanol–water partition coefficient (Wildman–Crippen LogP) is 3.14. The van der Waals surface area contributed by atoms with Crippen molar-refractivity contribution in [3.63, 3.8) is 0 Å². The van der Waals surface area contributed by atoms with Crippen LogP contribution in [-0.2, 0) is 4.79 Å². The highest BCUT2D eigenvalue weighted by Crippen LogP contribution is 2.54. The van der Waals surface area contributed by atoms with Crippen molar-refractivity contribution in [2.75, 3.05) is 19.7 Å². The van der Waals surface area contributed by atoms with Gasteiger partial charge in [-0.1, -0.05) is 12.1 Å². The summed E-state index contributed by atoms with van der Waals surface area (Å²) >= 11 is 0. The molecule has 2 N–H and O–H groups in total. The average molecular weight is 446 g/mol. The molecule has 0 fully saturated rings. The largest absolute Gasteiger partial charge is 0.490 e. The van der Waals surface area contributed by atoms with Crippen LogP contribution < -0.4 is 15.2 Å². The molecule has 1 aliphatic carbocycles. The van der Waals surface area contributed by atoms with Gasteiger partial charge in [-0.05, 0) is 44.0 Å². The summed E-state index contributed by atoms with van der Waals surface area (Å²) in [7, 11) is 0. The van der Waals surface area contributed by atoms with E-state index in [1.165, 1.54) is 6.92 Å². The zero-order valence-electron chi connectivity index (χ0n) is 19.3. The third-order valence-electron chi connectivity index (χ3n) is 6.10. The van der Waals surface area contributed by atoms with Crippen molar-refractivity contribution in [2.24, 2.45) is 17.1 Å². The fraction of sp³-hybridized carbons (Fsp3) is 0.440. The lowest BCUT2D eigenvalue weighted by Gasteiger charge is -2.45. The third-order valence-corrected chi connectivity index (χ3v) is 6.10. The highest BCUT2D eigenvalue weighted by atomic mass is 16.5. The minimum Gasteiger partial charge on any atom is -0.490 e. The van der Waals surface area contributed by atoms with Gasteiger partial charge >= 0.3 is 0 Å². The number of nitriles is 3. The number of amides is 1. The maximum Gasteiger partial charge on any atom is 0.219 e. The number of fused-ring (bicyclic) bond motifs is 1. The molecule has 8 nitrogen and oxygen atoms in total. The fourth-order valence-corrected chi connectivity index (χ4v) is 4.65. The molecule has 0 spiro atoms. The summed E-state index contributed by atoms with van der Waals surface area (Å²) < 4.78 is 11.7. The molecule has 0 aromatic heterocycles. The van der Waals surface area contributed by atoms with Crippen LogP contribution in [0.25, 0.3) is 0 Å². The van der Waals surface area contributed by atoms with Crippen LogP contribution in [0.2, 0.25) is 0 Å². The van der Waals surface area contributed by atoms with Crippen LogP contribution in [0.15, 0.2) is 41.1 Å². The number of carbonyl (C=O) groups is 1. The lowest BCUT2D eigenvalue weighted by molar-refractivity contribution is -0.129. The van der Waals surface area contributed by atoms with E-state index in [-0.39, 0.29) is 29.8 Å². The molecule has 1 heterocycles. The Kier molecular flexibility index (Phi) is 6.65. The number of rotatable bonds is 5. The number of allylic oxidation sites excluding steroid dienone is 2. The monoisotopic (exact) mass is 445 g/mol.